The van der Waals surface area contributed by atoms with Gasteiger partial charge in [0.1, 0.15) is 11.6 Å². The molecule has 2 heterocycles. The maximum atomic E-state index is 12.9. The van der Waals surface area contributed by atoms with Crippen molar-refractivity contribution in [2.24, 2.45) is 5.92 Å². The Balaban J connectivity index is 1.55. The SMILES string of the molecule is O=C(NCc1ccc(F)cc1)[C@H]1CCCN(c2cnccn2)C1. The molecule has 1 N–H and O–H groups in total. The van der Waals surface area contributed by atoms with Crippen molar-refractivity contribution in [3.8, 4) is 0 Å². The molecule has 120 valence electrons. The third kappa shape index (κ3) is 4.03. The molecular weight excluding hydrogens is 295 g/mol. The Hall–Kier alpha value is -2.50. The average Bonchev–Trinajstić information content (AvgIpc) is 2.62. The first-order valence-electron chi connectivity index (χ1n) is 7.75. The number of nitrogens with one attached hydrogen (secondary N) is 1. The first-order chi connectivity index (χ1) is 11.2. The molecule has 1 aromatic carbocycles. The van der Waals surface area contributed by atoms with Crippen LogP contribution in [0.25, 0.3) is 0 Å². The molecule has 1 fully saturated rings. The summed E-state index contributed by atoms with van der Waals surface area (Å²) in [6.45, 7) is 1.95. The van der Waals surface area contributed by atoms with Gasteiger partial charge in [-0.2, -0.15) is 0 Å². The average molecular weight is 314 g/mol. The van der Waals surface area contributed by atoms with Crippen LogP contribution in [0.5, 0.6) is 0 Å². The van der Waals surface area contributed by atoms with E-state index in [4.69, 9.17) is 0 Å². The van der Waals surface area contributed by atoms with Crippen molar-refractivity contribution in [2.75, 3.05) is 18.0 Å². The predicted octanol–water partition coefficient (Wildman–Crippen LogP) is 2.15. The summed E-state index contributed by atoms with van der Waals surface area (Å²) in [4.78, 5) is 22.8. The minimum atomic E-state index is -0.271. The van der Waals surface area contributed by atoms with Crippen molar-refractivity contribution in [3.63, 3.8) is 0 Å². The Kier molecular flexibility index (Phi) is 4.80. The van der Waals surface area contributed by atoms with Crippen molar-refractivity contribution in [1.29, 1.82) is 0 Å². The van der Waals surface area contributed by atoms with Crippen LogP contribution in [0.1, 0.15) is 18.4 Å². The van der Waals surface area contributed by atoms with Crippen molar-refractivity contribution < 1.29 is 9.18 Å². The van der Waals surface area contributed by atoms with E-state index in [1.54, 1.807) is 30.7 Å². The topological polar surface area (TPSA) is 58.1 Å². The first kappa shape index (κ1) is 15.4. The summed E-state index contributed by atoms with van der Waals surface area (Å²) in [5.41, 5.74) is 0.890. The van der Waals surface area contributed by atoms with Gasteiger partial charge in [-0.15, -0.1) is 0 Å². The first-order valence-corrected chi connectivity index (χ1v) is 7.75. The Bertz CT molecular complexity index is 647. The Morgan fingerprint density at radius 2 is 2.13 bits per heavy atom. The van der Waals surface area contributed by atoms with E-state index in [9.17, 15) is 9.18 Å². The number of rotatable bonds is 4. The molecule has 0 saturated carbocycles. The number of hydrogen-bond donors (Lipinski definition) is 1. The van der Waals surface area contributed by atoms with Crippen LogP contribution in [0.4, 0.5) is 10.2 Å². The van der Waals surface area contributed by atoms with E-state index in [-0.39, 0.29) is 17.6 Å². The lowest BCUT2D eigenvalue weighted by atomic mass is 9.97. The number of carbonyl (C=O) groups excluding carboxylic acids is 1. The monoisotopic (exact) mass is 314 g/mol. The zero-order valence-corrected chi connectivity index (χ0v) is 12.8. The second-order valence-electron chi connectivity index (χ2n) is 5.69. The number of piperidine rings is 1. The Morgan fingerprint density at radius 1 is 1.30 bits per heavy atom. The maximum absolute atomic E-state index is 12.9. The smallest absolute Gasteiger partial charge is 0.225 e. The van der Waals surface area contributed by atoms with E-state index in [2.05, 4.69) is 20.2 Å². The largest absolute Gasteiger partial charge is 0.355 e. The molecule has 0 radical (unpaired) electrons. The van der Waals surface area contributed by atoms with E-state index in [1.165, 1.54) is 12.1 Å². The minimum absolute atomic E-state index is 0.0305. The van der Waals surface area contributed by atoms with Crippen molar-refractivity contribution in [3.05, 3.63) is 54.2 Å². The van der Waals surface area contributed by atoms with Gasteiger partial charge in [-0.1, -0.05) is 12.1 Å². The van der Waals surface area contributed by atoms with Crippen LogP contribution in [0.15, 0.2) is 42.9 Å². The molecular formula is C17H19FN4O. The van der Waals surface area contributed by atoms with Crippen molar-refractivity contribution in [1.82, 2.24) is 15.3 Å². The van der Waals surface area contributed by atoms with Crippen LogP contribution in [0, 0.1) is 11.7 Å². The van der Waals surface area contributed by atoms with Gasteiger partial charge in [0.15, 0.2) is 0 Å². The number of nitrogens with zero attached hydrogens (tertiary/aromatic N) is 3. The predicted molar refractivity (Wildman–Crippen MR) is 85.2 cm³/mol. The second kappa shape index (κ2) is 7.17. The summed E-state index contributed by atoms with van der Waals surface area (Å²) >= 11 is 0. The van der Waals surface area contributed by atoms with E-state index in [0.29, 0.717) is 13.1 Å². The summed E-state index contributed by atoms with van der Waals surface area (Å²) < 4.78 is 12.9. The summed E-state index contributed by atoms with van der Waals surface area (Å²) in [6, 6.07) is 6.17. The highest BCUT2D eigenvalue weighted by molar-refractivity contribution is 5.79. The molecule has 1 atom stereocenters. The molecule has 2 aromatic rings. The van der Waals surface area contributed by atoms with Gasteiger partial charge in [-0.3, -0.25) is 9.78 Å². The lowest BCUT2D eigenvalue weighted by molar-refractivity contribution is -0.125. The third-order valence-corrected chi connectivity index (χ3v) is 4.05. The highest BCUT2D eigenvalue weighted by Crippen LogP contribution is 2.21. The molecule has 3 rings (SSSR count). The van der Waals surface area contributed by atoms with E-state index in [0.717, 1.165) is 30.8 Å². The highest BCUT2D eigenvalue weighted by atomic mass is 19.1. The molecule has 1 aliphatic heterocycles. The number of benzene rings is 1. The van der Waals surface area contributed by atoms with Gasteiger partial charge in [-0.05, 0) is 30.5 Å². The molecule has 0 unspecified atom stereocenters. The molecule has 0 bridgehead atoms. The van der Waals surface area contributed by atoms with Crippen LogP contribution >= 0.6 is 0 Å². The normalized spacial score (nSPS) is 17.8. The van der Waals surface area contributed by atoms with Gasteiger partial charge in [0.05, 0.1) is 12.1 Å². The number of hydrogen-bond acceptors (Lipinski definition) is 4. The highest BCUT2D eigenvalue weighted by Gasteiger charge is 2.26. The maximum Gasteiger partial charge on any atom is 0.225 e. The molecule has 23 heavy (non-hydrogen) atoms. The second-order valence-corrected chi connectivity index (χ2v) is 5.69. The van der Waals surface area contributed by atoms with E-state index < -0.39 is 0 Å². The summed E-state index contributed by atoms with van der Waals surface area (Å²) in [7, 11) is 0. The van der Waals surface area contributed by atoms with Crippen molar-refractivity contribution >= 4 is 11.7 Å². The fourth-order valence-electron chi connectivity index (χ4n) is 2.79. The molecule has 1 saturated heterocycles. The molecule has 1 aliphatic rings. The quantitative estimate of drug-likeness (QED) is 0.939. The number of amides is 1. The fraction of sp³-hybridized carbons (Fsp3) is 0.353. The van der Waals surface area contributed by atoms with Crippen LogP contribution in [-0.4, -0.2) is 29.0 Å². The Morgan fingerprint density at radius 3 is 2.87 bits per heavy atom. The van der Waals surface area contributed by atoms with Crippen molar-refractivity contribution in [2.45, 2.75) is 19.4 Å². The molecule has 0 aliphatic carbocycles. The summed E-state index contributed by atoms with van der Waals surface area (Å²) in [5.74, 6) is 0.504. The Labute approximate surface area is 134 Å². The molecule has 5 nitrogen and oxygen atoms in total. The van der Waals surface area contributed by atoms with Gasteiger partial charge in [0, 0.05) is 32.0 Å². The fourth-order valence-corrected chi connectivity index (χ4v) is 2.79. The van der Waals surface area contributed by atoms with E-state index in [1.807, 2.05) is 0 Å². The van der Waals surface area contributed by atoms with Crippen LogP contribution < -0.4 is 10.2 Å². The summed E-state index contributed by atoms with van der Waals surface area (Å²) in [6.07, 6.45) is 6.84. The standard InChI is InChI=1S/C17H19FN4O/c18-15-5-3-13(4-6-15)10-21-17(23)14-2-1-9-22(12-14)16-11-19-7-8-20-16/h3-8,11,14H,1-2,9-10,12H2,(H,21,23)/t14-/m0/s1. The van der Waals surface area contributed by atoms with Crippen LogP contribution in [-0.2, 0) is 11.3 Å². The molecule has 1 aromatic heterocycles. The zero-order chi connectivity index (χ0) is 16.1. The lowest BCUT2D eigenvalue weighted by Crippen LogP contribution is -2.43. The van der Waals surface area contributed by atoms with Gasteiger partial charge in [0.25, 0.3) is 0 Å². The van der Waals surface area contributed by atoms with Gasteiger partial charge in [-0.25, -0.2) is 9.37 Å². The number of anilines is 1. The van der Waals surface area contributed by atoms with Gasteiger partial charge in [0.2, 0.25) is 5.91 Å². The van der Waals surface area contributed by atoms with Crippen LogP contribution in [0.2, 0.25) is 0 Å². The third-order valence-electron chi connectivity index (χ3n) is 4.05. The number of halogens is 1. The summed E-state index contributed by atoms with van der Waals surface area (Å²) in [5, 5.41) is 2.94. The zero-order valence-electron chi connectivity index (χ0n) is 12.8. The van der Waals surface area contributed by atoms with Gasteiger partial charge < -0.3 is 10.2 Å². The molecule has 1 amide bonds. The number of carbonyl (C=O) groups is 1. The molecule has 6 heteroatoms. The van der Waals surface area contributed by atoms with Gasteiger partial charge >= 0.3 is 0 Å². The number of aromatic nitrogens is 2. The minimum Gasteiger partial charge on any atom is -0.355 e. The van der Waals surface area contributed by atoms with E-state index >= 15 is 0 Å². The lowest BCUT2D eigenvalue weighted by Gasteiger charge is -2.32. The molecule has 0 spiro atoms. The van der Waals surface area contributed by atoms with Crippen LogP contribution in [0.3, 0.4) is 0 Å².